The number of hydrogen-bond acceptors (Lipinski definition) is 4. The highest BCUT2D eigenvalue weighted by Crippen LogP contribution is 2.20. The molecule has 126 valence electrons. The molecule has 0 unspecified atom stereocenters. The second-order valence-corrected chi connectivity index (χ2v) is 6.02. The van der Waals surface area contributed by atoms with E-state index < -0.39 is 10.1 Å². The minimum atomic E-state index is -3.56. The van der Waals surface area contributed by atoms with Crippen LogP contribution < -0.4 is 8.92 Å². The van der Waals surface area contributed by atoms with Crippen LogP contribution in [0.5, 0.6) is 11.5 Å². The minimum Gasteiger partial charge on any atom is -0.493 e. The van der Waals surface area contributed by atoms with Crippen molar-refractivity contribution < 1.29 is 21.7 Å². The predicted octanol–water partition coefficient (Wildman–Crippen LogP) is 3.81. The van der Waals surface area contributed by atoms with E-state index in [1.165, 1.54) is 24.3 Å². The van der Waals surface area contributed by atoms with E-state index in [0.29, 0.717) is 24.5 Å². The molecule has 6 heteroatoms. The molecule has 0 aliphatic rings. The monoisotopic (exact) mass is 340 g/mol. The summed E-state index contributed by atoms with van der Waals surface area (Å²) in [5.74, 6) is 0.523. The molecule has 4 nitrogen and oxygen atoms in total. The first-order valence-corrected chi connectivity index (χ1v) is 9.11. The number of rotatable bonds is 6. The van der Waals surface area contributed by atoms with E-state index in [-0.39, 0.29) is 5.82 Å². The van der Waals surface area contributed by atoms with Crippen molar-refractivity contribution in [2.24, 2.45) is 0 Å². The summed E-state index contributed by atoms with van der Waals surface area (Å²) in [6.45, 7) is 4.33. The maximum Gasteiger partial charge on any atom is 0.306 e. The van der Waals surface area contributed by atoms with E-state index in [4.69, 9.17) is 8.92 Å². The van der Waals surface area contributed by atoms with Crippen LogP contribution in [0.3, 0.4) is 0 Å². The van der Waals surface area contributed by atoms with Crippen LogP contribution >= 0.6 is 0 Å². The summed E-state index contributed by atoms with van der Waals surface area (Å²) in [5, 5.41) is 0. The molecular formula is C17H21FO4S. The van der Waals surface area contributed by atoms with Crippen LogP contribution in [-0.2, 0) is 16.5 Å². The lowest BCUT2D eigenvalue weighted by atomic mass is 10.1. The molecule has 0 bridgehead atoms. The fraction of sp³-hybridized carbons (Fsp3) is 0.294. The zero-order valence-electron chi connectivity index (χ0n) is 13.5. The zero-order valence-corrected chi connectivity index (χ0v) is 14.3. The summed E-state index contributed by atoms with van der Waals surface area (Å²) >= 11 is 0. The van der Waals surface area contributed by atoms with E-state index >= 15 is 0 Å². The molecule has 0 saturated carbocycles. The van der Waals surface area contributed by atoms with Gasteiger partial charge in [-0.2, -0.15) is 8.42 Å². The molecule has 0 aliphatic carbocycles. The Morgan fingerprint density at radius 2 is 1.61 bits per heavy atom. The van der Waals surface area contributed by atoms with Crippen molar-refractivity contribution in [1.82, 2.24) is 0 Å². The lowest BCUT2D eigenvalue weighted by Crippen LogP contribution is -2.09. The van der Waals surface area contributed by atoms with Crippen LogP contribution in [0.25, 0.3) is 0 Å². The van der Waals surface area contributed by atoms with E-state index in [1.807, 2.05) is 13.8 Å². The van der Waals surface area contributed by atoms with Gasteiger partial charge < -0.3 is 8.92 Å². The maximum absolute atomic E-state index is 12.8. The lowest BCUT2D eigenvalue weighted by molar-refractivity contribution is 0.320. The van der Waals surface area contributed by atoms with Crippen molar-refractivity contribution in [1.29, 1.82) is 0 Å². The van der Waals surface area contributed by atoms with Gasteiger partial charge in [0.15, 0.2) is 0 Å². The Balaban J connectivity index is 0.00000127. The minimum absolute atomic E-state index is 0.294. The molecule has 0 heterocycles. The van der Waals surface area contributed by atoms with Crippen molar-refractivity contribution in [2.45, 2.75) is 20.3 Å². The first-order valence-electron chi connectivity index (χ1n) is 7.30. The largest absolute Gasteiger partial charge is 0.493 e. The van der Waals surface area contributed by atoms with Gasteiger partial charge >= 0.3 is 10.1 Å². The Kier molecular flexibility index (Phi) is 7.54. The van der Waals surface area contributed by atoms with Gasteiger partial charge in [0.25, 0.3) is 0 Å². The SMILES string of the molecule is CC.CS(=O)(=O)Oc1ccccc1CCOc1ccc(F)cc1. The number of hydrogen-bond donors (Lipinski definition) is 0. The second kappa shape index (κ2) is 9.15. The van der Waals surface area contributed by atoms with E-state index in [1.54, 1.807) is 24.3 Å². The zero-order chi connectivity index (χ0) is 17.3. The van der Waals surface area contributed by atoms with Gasteiger partial charge in [-0.05, 0) is 35.9 Å². The second-order valence-electron chi connectivity index (χ2n) is 4.45. The Labute approximate surface area is 137 Å². The van der Waals surface area contributed by atoms with Crippen molar-refractivity contribution in [2.75, 3.05) is 12.9 Å². The molecule has 23 heavy (non-hydrogen) atoms. The van der Waals surface area contributed by atoms with Gasteiger partial charge in [0.2, 0.25) is 0 Å². The van der Waals surface area contributed by atoms with Crippen LogP contribution in [0, 0.1) is 5.82 Å². The van der Waals surface area contributed by atoms with E-state index in [0.717, 1.165) is 11.8 Å². The molecule has 0 N–H and O–H groups in total. The molecule has 2 aromatic carbocycles. The number of para-hydroxylation sites is 1. The van der Waals surface area contributed by atoms with Crippen LogP contribution in [0.4, 0.5) is 4.39 Å². The first kappa shape index (κ1) is 19.0. The molecular weight excluding hydrogens is 319 g/mol. The third-order valence-electron chi connectivity index (χ3n) is 2.67. The van der Waals surface area contributed by atoms with Crippen LogP contribution in [0.2, 0.25) is 0 Å². The maximum atomic E-state index is 12.8. The predicted molar refractivity (Wildman–Crippen MR) is 88.9 cm³/mol. The van der Waals surface area contributed by atoms with Crippen LogP contribution in [-0.4, -0.2) is 21.3 Å². The summed E-state index contributed by atoms with van der Waals surface area (Å²) in [4.78, 5) is 0. The van der Waals surface area contributed by atoms with Gasteiger partial charge in [-0.25, -0.2) is 4.39 Å². The Morgan fingerprint density at radius 1 is 1.00 bits per heavy atom. The molecule has 2 aromatic rings. The number of ether oxygens (including phenoxy) is 1. The van der Waals surface area contributed by atoms with Crippen molar-refractivity contribution in [3.05, 3.63) is 59.9 Å². The summed E-state index contributed by atoms with van der Waals surface area (Å²) < 4.78 is 45.5. The highest BCUT2D eigenvalue weighted by Gasteiger charge is 2.09. The standard InChI is InChI=1S/C15H15FO4S.C2H6/c1-21(17,18)20-15-5-3-2-4-12(15)10-11-19-14-8-6-13(16)7-9-14;1-2/h2-9H,10-11H2,1H3;1-2H3. The summed E-state index contributed by atoms with van der Waals surface area (Å²) in [6.07, 6.45) is 1.47. The topological polar surface area (TPSA) is 52.6 Å². The average Bonchev–Trinajstić information content (AvgIpc) is 2.51. The van der Waals surface area contributed by atoms with E-state index in [9.17, 15) is 12.8 Å². The van der Waals surface area contributed by atoms with Crippen molar-refractivity contribution in [3.8, 4) is 11.5 Å². The third-order valence-corrected chi connectivity index (χ3v) is 3.15. The molecule has 0 spiro atoms. The van der Waals surface area contributed by atoms with Gasteiger partial charge in [-0.3, -0.25) is 0 Å². The average molecular weight is 340 g/mol. The highest BCUT2D eigenvalue weighted by molar-refractivity contribution is 7.86. The Hall–Kier alpha value is -2.08. The summed E-state index contributed by atoms with van der Waals surface area (Å²) in [6, 6.07) is 12.6. The summed E-state index contributed by atoms with van der Waals surface area (Å²) in [5.41, 5.74) is 0.727. The fourth-order valence-electron chi connectivity index (χ4n) is 1.76. The molecule has 0 radical (unpaired) electrons. The summed E-state index contributed by atoms with van der Waals surface area (Å²) in [7, 11) is -3.56. The van der Waals surface area contributed by atoms with Crippen LogP contribution in [0.15, 0.2) is 48.5 Å². The highest BCUT2D eigenvalue weighted by atomic mass is 32.2. The fourth-order valence-corrected chi connectivity index (χ4v) is 2.25. The van der Waals surface area contributed by atoms with Crippen molar-refractivity contribution in [3.63, 3.8) is 0 Å². The molecule has 0 atom stereocenters. The van der Waals surface area contributed by atoms with E-state index in [2.05, 4.69) is 0 Å². The molecule has 2 rings (SSSR count). The molecule has 0 saturated heterocycles. The molecule has 0 fully saturated rings. The van der Waals surface area contributed by atoms with Crippen molar-refractivity contribution >= 4 is 10.1 Å². The Morgan fingerprint density at radius 3 is 2.22 bits per heavy atom. The number of benzene rings is 2. The molecule has 0 amide bonds. The smallest absolute Gasteiger partial charge is 0.306 e. The molecule has 0 aliphatic heterocycles. The number of halogens is 1. The quantitative estimate of drug-likeness (QED) is 0.750. The van der Waals surface area contributed by atoms with Gasteiger partial charge in [0, 0.05) is 6.42 Å². The normalized spacial score (nSPS) is 10.4. The lowest BCUT2D eigenvalue weighted by Gasteiger charge is -2.10. The first-order chi connectivity index (χ1) is 10.9. The van der Waals surface area contributed by atoms with Gasteiger partial charge in [0.1, 0.15) is 17.3 Å². The van der Waals surface area contributed by atoms with Gasteiger partial charge in [0.05, 0.1) is 12.9 Å². The molecule has 0 aromatic heterocycles. The van der Waals surface area contributed by atoms with Crippen LogP contribution in [0.1, 0.15) is 19.4 Å². The van der Waals surface area contributed by atoms with Gasteiger partial charge in [-0.1, -0.05) is 32.0 Å². The third kappa shape index (κ3) is 7.15. The Bertz CT molecular complexity index is 697. The van der Waals surface area contributed by atoms with Gasteiger partial charge in [-0.15, -0.1) is 0 Å².